The molecule has 1 aliphatic heterocycles. The minimum atomic E-state index is -3.86. The van der Waals surface area contributed by atoms with Crippen molar-refractivity contribution >= 4 is 21.6 Å². The highest BCUT2D eigenvalue weighted by Crippen LogP contribution is 2.33. The van der Waals surface area contributed by atoms with E-state index in [9.17, 15) is 13.2 Å². The van der Waals surface area contributed by atoms with Crippen LogP contribution in [0.2, 0.25) is 0 Å². The van der Waals surface area contributed by atoms with Crippen LogP contribution in [0.5, 0.6) is 11.5 Å². The summed E-state index contributed by atoms with van der Waals surface area (Å²) in [6, 6.07) is 9.34. The number of nitrogens with one attached hydrogen (secondary N) is 1. The first-order valence-electron chi connectivity index (χ1n) is 9.40. The summed E-state index contributed by atoms with van der Waals surface area (Å²) in [4.78, 5) is 13.0. The van der Waals surface area contributed by atoms with Gasteiger partial charge < -0.3 is 14.8 Å². The lowest BCUT2D eigenvalue weighted by Gasteiger charge is -2.24. The van der Waals surface area contributed by atoms with E-state index in [4.69, 9.17) is 9.47 Å². The Morgan fingerprint density at radius 1 is 1.10 bits per heavy atom. The van der Waals surface area contributed by atoms with Crippen LogP contribution in [0.3, 0.4) is 0 Å². The average Bonchev–Trinajstić information content (AvgIpc) is 3.21. The third kappa shape index (κ3) is 4.09. The number of rotatable bonds is 6. The monoisotopic (exact) mass is 418 g/mol. The van der Waals surface area contributed by atoms with Crippen molar-refractivity contribution in [3.8, 4) is 11.5 Å². The minimum Gasteiger partial charge on any atom is -0.493 e. The lowest BCUT2D eigenvalue weighted by atomic mass is 10.1. The SMILES string of the molecule is COc1ccc(S(=O)(=O)N2CCCC2C(=O)Nc2cccc(C)c2C)cc1OC. The number of hydrogen-bond donors (Lipinski definition) is 1. The Morgan fingerprint density at radius 2 is 1.83 bits per heavy atom. The van der Waals surface area contributed by atoms with Crippen LogP contribution >= 0.6 is 0 Å². The number of methoxy groups -OCH3 is 2. The van der Waals surface area contributed by atoms with Crippen LogP contribution in [0.15, 0.2) is 41.3 Å². The van der Waals surface area contributed by atoms with E-state index in [-0.39, 0.29) is 10.8 Å². The maximum Gasteiger partial charge on any atom is 0.243 e. The molecule has 7 nitrogen and oxygen atoms in total. The molecule has 29 heavy (non-hydrogen) atoms. The highest BCUT2D eigenvalue weighted by atomic mass is 32.2. The van der Waals surface area contributed by atoms with E-state index < -0.39 is 16.1 Å². The molecule has 0 bridgehead atoms. The number of benzene rings is 2. The Balaban J connectivity index is 1.87. The molecular formula is C21H26N2O5S. The zero-order valence-corrected chi connectivity index (χ0v) is 17.9. The van der Waals surface area contributed by atoms with Crippen molar-refractivity contribution in [3.05, 3.63) is 47.5 Å². The van der Waals surface area contributed by atoms with Crippen LogP contribution in [0.1, 0.15) is 24.0 Å². The van der Waals surface area contributed by atoms with Crippen LogP contribution in [-0.4, -0.2) is 45.4 Å². The summed E-state index contributed by atoms with van der Waals surface area (Å²) in [7, 11) is -0.929. The van der Waals surface area contributed by atoms with Crippen LogP contribution in [-0.2, 0) is 14.8 Å². The Hall–Kier alpha value is -2.58. The summed E-state index contributed by atoms with van der Waals surface area (Å²) in [6.07, 6.45) is 1.10. The van der Waals surface area contributed by atoms with Gasteiger partial charge in [-0.3, -0.25) is 4.79 Å². The quantitative estimate of drug-likeness (QED) is 0.779. The zero-order valence-electron chi connectivity index (χ0n) is 17.1. The van der Waals surface area contributed by atoms with Crippen molar-refractivity contribution < 1.29 is 22.7 Å². The maximum absolute atomic E-state index is 13.2. The second kappa shape index (κ2) is 8.42. The van der Waals surface area contributed by atoms with Gasteiger partial charge in [-0.2, -0.15) is 4.31 Å². The number of hydrogen-bond acceptors (Lipinski definition) is 5. The molecule has 0 aromatic heterocycles. The molecule has 1 aliphatic rings. The Morgan fingerprint density at radius 3 is 2.52 bits per heavy atom. The van der Waals surface area contributed by atoms with Gasteiger partial charge in [-0.05, 0) is 56.0 Å². The molecule has 8 heteroatoms. The summed E-state index contributed by atoms with van der Waals surface area (Å²) in [5, 5.41) is 2.90. The van der Waals surface area contributed by atoms with Gasteiger partial charge in [0.25, 0.3) is 0 Å². The molecule has 1 amide bonds. The number of ether oxygens (including phenoxy) is 2. The number of nitrogens with zero attached hydrogens (tertiary/aromatic N) is 1. The molecule has 1 unspecified atom stereocenters. The van der Waals surface area contributed by atoms with Crippen molar-refractivity contribution in [1.82, 2.24) is 4.31 Å². The van der Waals surface area contributed by atoms with Gasteiger partial charge in [-0.15, -0.1) is 0 Å². The molecule has 2 aromatic carbocycles. The number of anilines is 1. The first-order chi connectivity index (χ1) is 13.8. The summed E-state index contributed by atoms with van der Waals surface area (Å²) >= 11 is 0. The van der Waals surface area contributed by atoms with Gasteiger partial charge >= 0.3 is 0 Å². The third-order valence-electron chi connectivity index (χ3n) is 5.33. The molecule has 1 heterocycles. The van der Waals surface area contributed by atoms with E-state index in [0.29, 0.717) is 36.6 Å². The zero-order chi connectivity index (χ0) is 21.2. The van der Waals surface area contributed by atoms with E-state index in [0.717, 1.165) is 11.1 Å². The van der Waals surface area contributed by atoms with Gasteiger partial charge in [0.2, 0.25) is 15.9 Å². The topological polar surface area (TPSA) is 84.9 Å². The van der Waals surface area contributed by atoms with Gasteiger partial charge in [0.1, 0.15) is 6.04 Å². The maximum atomic E-state index is 13.2. The molecule has 0 radical (unpaired) electrons. The van der Waals surface area contributed by atoms with Crippen molar-refractivity contribution in [2.24, 2.45) is 0 Å². The molecule has 156 valence electrons. The van der Waals surface area contributed by atoms with E-state index in [1.165, 1.54) is 30.7 Å². The molecule has 1 fully saturated rings. The number of sulfonamides is 1. The summed E-state index contributed by atoms with van der Waals surface area (Å²) in [5.74, 6) is 0.446. The van der Waals surface area contributed by atoms with E-state index in [1.807, 2.05) is 32.0 Å². The predicted molar refractivity (Wildman–Crippen MR) is 111 cm³/mol. The molecule has 1 N–H and O–H groups in total. The molecule has 1 atom stereocenters. The first-order valence-corrected chi connectivity index (χ1v) is 10.8. The number of carbonyl (C=O) groups is 1. The van der Waals surface area contributed by atoms with Gasteiger partial charge in [-0.1, -0.05) is 12.1 Å². The molecule has 1 saturated heterocycles. The highest BCUT2D eigenvalue weighted by molar-refractivity contribution is 7.89. The number of amides is 1. The predicted octanol–water partition coefficient (Wildman–Crippen LogP) is 3.11. The molecular weight excluding hydrogens is 392 g/mol. The molecule has 0 spiro atoms. The fourth-order valence-electron chi connectivity index (χ4n) is 3.50. The molecule has 0 saturated carbocycles. The second-order valence-corrected chi connectivity index (χ2v) is 8.92. The summed E-state index contributed by atoms with van der Waals surface area (Å²) in [5.41, 5.74) is 2.72. The summed E-state index contributed by atoms with van der Waals surface area (Å²) < 4.78 is 38.2. The van der Waals surface area contributed by atoms with Crippen molar-refractivity contribution in [2.45, 2.75) is 37.6 Å². The number of aryl methyl sites for hydroxylation is 1. The van der Waals surface area contributed by atoms with Crippen LogP contribution < -0.4 is 14.8 Å². The van der Waals surface area contributed by atoms with Crippen LogP contribution in [0, 0.1) is 13.8 Å². The Kier molecular flexibility index (Phi) is 6.14. The first kappa shape index (κ1) is 21.1. The fraction of sp³-hybridized carbons (Fsp3) is 0.381. The minimum absolute atomic E-state index is 0.0709. The summed E-state index contributed by atoms with van der Waals surface area (Å²) in [6.45, 7) is 4.19. The van der Waals surface area contributed by atoms with Gasteiger partial charge in [0.05, 0.1) is 19.1 Å². The van der Waals surface area contributed by atoms with E-state index in [2.05, 4.69) is 5.32 Å². The third-order valence-corrected chi connectivity index (χ3v) is 7.23. The average molecular weight is 419 g/mol. The molecule has 2 aromatic rings. The van der Waals surface area contributed by atoms with Gasteiger partial charge in [0, 0.05) is 18.3 Å². The second-order valence-electron chi connectivity index (χ2n) is 7.03. The normalized spacial score (nSPS) is 17.2. The standard InChI is InChI=1S/C21H26N2O5S/c1-14-7-5-8-17(15(14)2)22-21(24)18-9-6-12-23(18)29(25,26)16-10-11-19(27-3)20(13-16)28-4/h5,7-8,10-11,13,18H,6,9,12H2,1-4H3,(H,22,24). The molecule has 0 aliphatic carbocycles. The van der Waals surface area contributed by atoms with Gasteiger partial charge in [0.15, 0.2) is 11.5 Å². The van der Waals surface area contributed by atoms with E-state index in [1.54, 1.807) is 6.07 Å². The van der Waals surface area contributed by atoms with Gasteiger partial charge in [-0.25, -0.2) is 8.42 Å². The van der Waals surface area contributed by atoms with E-state index >= 15 is 0 Å². The number of carbonyl (C=O) groups excluding carboxylic acids is 1. The smallest absolute Gasteiger partial charge is 0.243 e. The Labute approximate surface area is 171 Å². The lowest BCUT2D eigenvalue weighted by Crippen LogP contribution is -2.43. The van der Waals surface area contributed by atoms with Crippen molar-refractivity contribution in [1.29, 1.82) is 0 Å². The highest BCUT2D eigenvalue weighted by Gasteiger charge is 2.39. The van der Waals surface area contributed by atoms with Crippen molar-refractivity contribution in [2.75, 3.05) is 26.1 Å². The lowest BCUT2D eigenvalue weighted by molar-refractivity contribution is -0.119. The molecule has 3 rings (SSSR count). The largest absolute Gasteiger partial charge is 0.493 e. The van der Waals surface area contributed by atoms with Crippen LogP contribution in [0.4, 0.5) is 5.69 Å². The van der Waals surface area contributed by atoms with Crippen molar-refractivity contribution in [3.63, 3.8) is 0 Å². The fourth-order valence-corrected chi connectivity index (χ4v) is 5.18. The Bertz CT molecular complexity index is 1020. The van der Waals surface area contributed by atoms with Crippen LogP contribution in [0.25, 0.3) is 0 Å².